The number of benzene rings is 3. The predicted molar refractivity (Wildman–Crippen MR) is 162 cm³/mol. The van der Waals surface area contributed by atoms with Gasteiger partial charge in [0.2, 0.25) is 0 Å². The topological polar surface area (TPSA) is 78.9 Å². The number of hydrogen-bond acceptors (Lipinski definition) is 4. The Balaban J connectivity index is 0.000000306. The maximum absolute atomic E-state index is 11.4. The molecular formula is C31H36Cl2N2O4. The fourth-order valence-corrected chi connectivity index (χ4v) is 4.80. The molecule has 0 saturated heterocycles. The van der Waals surface area contributed by atoms with Crippen LogP contribution in [0.1, 0.15) is 52.9 Å². The second kappa shape index (κ2) is 15.2. The number of carbonyl (C=O) groups is 2. The summed E-state index contributed by atoms with van der Waals surface area (Å²) >= 11 is 11.5. The molecule has 6 nitrogen and oxygen atoms in total. The highest BCUT2D eigenvalue weighted by atomic mass is 35.5. The Bertz CT molecular complexity index is 1320. The Kier molecular flexibility index (Phi) is 12.4. The number of carboxylic acids is 1. The highest BCUT2D eigenvalue weighted by Crippen LogP contribution is 2.38. The first-order valence-electron chi connectivity index (χ1n) is 12.6. The maximum atomic E-state index is 11.4. The van der Waals surface area contributed by atoms with E-state index in [1.165, 1.54) is 45.6 Å². The number of para-hydroxylation sites is 1. The molecule has 0 aromatic heterocycles. The second-order valence-corrected chi connectivity index (χ2v) is 9.72. The molecule has 0 aliphatic heterocycles. The molecule has 0 aliphatic carbocycles. The Labute approximate surface area is 241 Å². The molecule has 3 aromatic rings. The fourth-order valence-electron chi connectivity index (χ4n) is 4.23. The van der Waals surface area contributed by atoms with Crippen molar-refractivity contribution in [3.63, 3.8) is 0 Å². The van der Waals surface area contributed by atoms with Gasteiger partial charge in [-0.3, -0.25) is 9.59 Å². The molecule has 39 heavy (non-hydrogen) atoms. The van der Waals surface area contributed by atoms with Crippen molar-refractivity contribution < 1.29 is 19.4 Å². The Morgan fingerprint density at radius 3 is 2.15 bits per heavy atom. The third kappa shape index (κ3) is 8.25. The lowest BCUT2D eigenvalue weighted by molar-refractivity contribution is -0.135. The van der Waals surface area contributed by atoms with Gasteiger partial charge in [0, 0.05) is 30.9 Å². The molecule has 0 spiro atoms. The van der Waals surface area contributed by atoms with E-state index in [4.69, 9.17) is 33.0 Å². The van der Waals surface area contributed by atoms with Crippen LogP contribution < -0.4 is 15.0 Å². The summed E-state index contributed by atoms with van der Waals surface area (Å²) in [6, 6.07) is 17.6. The van der Waals surface area contributed by atoms with Crippen LogP contribution in [0.3, 0.4) is 0 Å². The van der Waals surface area contributed by atoms with Crippen LogP contribution in [0.15, 0.2) is 60.7 Å². The van der Waals surface area contributed by atoms with E-state index in [2.05, 4.69) is 87.6 Å². The van der Waals surface area contributed by atoms with E-state index >= 15 is 0 Å². The number of anilines is 1. The molecule has 1 amide bonds. The first kappa shape index (κ1) is 31.7. The van der Waals surface area contributed by atoms with Gasteiger partial charge in [-0.1, -0.05) is 79.5 Å². The minimum atomic E-state index is -1.13. The average molecular weight is 572 g/mol. The van der Waals surface area contributed by atoms with Crippen LogP contribution in [0.25, 0.3) is 5.57 Å². The van der Waals surface area contributed by atoms with Crippen molar-refractivity contribution in [2.75, 3.05) is 32.6 Å². The molecule has 0 unspecified atom stereocenters. The summed E-state index contributed by atoms with van der Waals surface area (Å²) < 4.78 is 5.84. The number of methoxy groups -OCH3 is 1. The van der Waals surface area contributed by atoms with Crippen LogP contribution in [0, 0.1) is 6.92 Å². The minimum Gasteiger partial charge on any atom is -0.496 e. The number of halogens is 2. The molecule has 3 aromatic carbocycles. The Hall–Kier alpha value is -3.48. The van der Waals surface area contributed by atoms with Crippen molar-refractivity contribution in [3.05, 3.63) is 98.5 Å². The van der Waals surface area contributed by atoms with Crippen molar-refractivity contribution in [2.24, 2.45) is 0 Å². The molecule has 208 valence electrons. The lowest BCUT2D eigenvalue weighted by Crippen LogP contribution is -2.29. The SMILES string of the molecule is CC/C=C(/c1ccccc1N(C)C)c1ccc(C)c(CC)c1OC.O=C(O)CNC(=O)c1c(Cl)cccc1Cl. The number of carbonyl (C=O) groups excluding carboxylic acids is 1. The number of amides is 1. The zero-order valence-corrected chi connectivity index (χ0v) is 24.8. The first-order chi connectivity index (χ1) is 18.6. The van der Waals surface area contributed by atoms with Crippen molar-refractivity contribution in [2.45, 2.75) is 33.6 Å². The summed E-state index contributed by atoms with van der Waals surface area (Å²) in [6.45, 7) is 6.05. The van der Waals surface area contributed by atoms with Crippen LogP contribution >= 0.6 is 23.2 Å². The summed E-state index contributed by atoms with van der Waals surface area (Å²) in [7, 11) is 5.96. The van der Waals surface area contributed by atoms with E-state index in [9.17, 15) is 9.59 Å². The normalized spacial score (nSPS) is 10.8. The van der Waals surface area contributed by atoms with Crippen LogP contribution in [0.5, 0.6) is 5.75 Å². The second-order valence-electron chi connectivity index (χ2n) is 8.91. The van der Waals surface area contributed by atoms with Gasteiger partial charge in [-0.05, 0) is 54.7 Å². The van der Waals surface area contributed by atoms with E-state index in [0.717, 1.165) is 18.6 Å². The van der Waals surface area contributed by atoms with Gasteiger partial charge in [0.25, 0.3) is 5.91 Å². The van der Waals surface area contributed by atoms with E-state index < -0.39 is 18.4 Å². The van der Waals surface area contributed by atoms with Crippen molar-refractivity contribution in [3.8, 4) is 5.75 Å². The molecule has 0 atom stereocenters. The van der Waals surface area contributed by atoms with Crippen LogP contribution in [-0.4, -0.2) is 44.7 Å². The average Bonchev–Trinajstić information content (AvgIpc) is 2.90. The Morgan fingerprint density at radius 1 is 0.974 bits per heavy atom. The van der Waals surface area contributed by atoms with Crippen molar-refractivity contribution in [1.82, 2.24) is 5.32 Å². The number of nitrogens with one attached hydrogen (secondary N) is 1. The molecule has 0 saturated carbocycles. The van der Waals surface area contributed by atoms with Gasteiger partial charge in [-0.2, -0.15) is 0 Å². The predicted octanol–water partition coefficient (Wildman–Crippen LogP) is 7.28. The van der Waals surface area contributed by atoms with Gasteiger partial charge in [-0.25, -0.2) is 0 Å². The highest BCUT2D eigenvalue weighted by molar-refractivity contribution is 6.39. The fraction of sp³-hybridized carbons (Fsp3) is 0.290. The number of aryl methyl sites for hydroxylation is 1. The summed E-state index contributed by atoms with van der Waals surface area (Å²) in [5.74, 6) is -0.731. The molecule has 0 radical (unpaired) electrons. The van der Waals surface area contributed by atoms with E-state index in [0.29, 0.717) is 0 Å². The molecule has 0 bridgehead atoms. The van der Waals surface area contributed by atoms with E-state index in [1.54, 1.807) is 13.2 Å². The summed E-state index contributed by atoms with van der Waals surface area (Å²) in [5, 5.41) is 10.9. The zero-order chi connectivity index (χ0) is 29.1. The van der Waals surface area contributed by atoms with E-state index in [1.807, 2.05) is 0 Å². The largest absolute Gasteiger partial charge is 0.496 e. The van der Waals surface area contributed by atoms with Crippen LogP contribution in [0.4, 0.5) is 5.69 Å². The molecule has 0 heterocycles. The Morgan fingerprint density at radius 2 is 1.62 bits per heavy atom. The third-order valence-electron chi connectivity index (χ3n) is 6.02. The quantitative estimate of drug-likeness (QED) is 0.282. The lowest BCUT2D eigenvalue weighted by Gasteiger charge is -2.22. The van der Waals surface area contributed by atoms with Gasteiger partial charge in [0.1, 0.15) is 12.3 Å². The monoisotopic (exact) mass is 570 g/mol. The number of ether oxygens (including phenoxy) is 1. The summed E-state index contributed by atoms with van der Waals surface area (Å²) in [6.07, 6.45) is 4.25. The maximum Gasteiger partial charge on any atom is 0.322 e. The summed E-state index contributed by atoms with van der Waals surface area (Å²) in [5.41, 5.74) is 7.55. The summed E-state index contributed by atoms with van der Waals surface area (Å²) in [4.78, 5) is 23.8. The zero-order valence-electron chi connectivity index (χ0n) is 23.3. The first-order valence-corrected chi connectivity index (χ1v) is 13.4. The van der Waals surface area contributed by atoms with Gasteiger partial charge in [0.05, 0.1) is 22.7 Å². The highest BCUT2D eigenvalue weighted by Gasteiger charge is 2.18. The molecular weight excluding hydrogens is 535 g/mol. The molecule has 0 fully saturated rings. The number of carboxylic acid groups (broad SMARTS) is 1. The minimum absolute atomic E-state index is 0.0853. The number of nitrogens with zero attached hydrogens (tertiary/aromatic N) is 1. The molecule has 0 aliphatic rings. The number of allylic oxidation sites excluding steroid dienone is 1. The standard InChI is InChI=1S/C22H29NO.C9H7Cl2NO3/c1-7-11-18(19-12-9-10-13-21(19)23(4)5)20-15-14-16(3)17(8-2)22(20)24-6;10-5-2-1-3-6(11)8(5)9(15)12-4-7(13)14/h9-15H,7-8H2,1-6H3;1-3H,4H2,(H,12,15)(H,13,14)/b18-11-;. The van der Waals surface area contributed by atoms with Gasteiger partial charge in [-0.15, -0.1) is 0 Å². The van der Waals surface area contributed by atoms with Gasteiger partial charge in [0.15, 0.2) is 0 Å². The van der Waals surface area contributed by atoms with Crippen LogP contribution in [-0.2, 0) is 11.2 Å². The van der Waals surface area contributed by atoms with Crippen LogP contribution in [0.2, 0.25) is 10.0 Å². The molecule has 8 heteroatoms. The molecule has 3 rings (SSSR count). The van der Waals surface area contributed by atoms with Crippen molar-refractivity contribution in [1.29, 1.82) is 0 Å². The van der Waals surface area contributed by atoms with E-state index in [-0.39, 0.29) is 15.6 Å². The van der Waals surface area contributed by atoms with Gasteiger partial charge < -0.3 is 20.1 Å². The smallest absolute Gasteiger partial charge is 0.322 e. The third-order valence-corrected chi connectivity index (χ3v) is 6.65. The number of aliphatic carboxylic acids is 1. The number of hydrogen-bond donors (Lipinski definition) is 2. The van der Waals surface area contributed by atoms with Gasteiger partial charge >= 0.3 is 5.97 Å². The molecule has 2 N–H and O–H groups in total. The van der Waals surface area contributed by atoms with Crippen molar-refractivity contribution >= 4 is 46.3 Å². The number of rotatable bonds is 9. The lowest BCUT2D eigenvalue weighted by atomic mass is 9.91.